The van der Waals surface area contributed by atoms with E-state index in [-0.39, 0.29) is 5.91 Å². The lowest BCUT2D eigenvalue weighted by atomic mass is 10.1. The molecule has 0 saturated carbocycles. The minimum atomic E-state index is 0.0133. The highest BCUT2D eigenvalue weighted by Crippen LogP contribution is 2.28. The summed E-state index contributed by atoms with van der Waals surface area (Å²) in [5.74, 6) is 0.0133. The van der Waals surface area contributed by atoms with Crippen LogP contribution in [0.5, 0.6) is 0 Å². The van der Waals surface area contributed by atoms with Gasteiger partial charge in [-0.05, 0) is 26.2 Å². The van der Waals surface area contributed by atoms with Gasteiger partial charge in [-0.2, -0.15) is 5.10 Å². The highest BCUT2D eigenvalue weighted by atomic mass is 16.2. The maximum atomic E-state index is 12.5. The number of carbonyl (C=O) groups excluding carboxylic acids is 1. The predicted molar refractivity (Wildman–Crippen MR) is 66.6 cm³/mol. The van der Waals surface area contributed by atoms with E-state index in [9.17, 15) is 4.79 Å². The van der Waals surface area contributed by atoms with Crippen LogP contribution in [0.4, 0.5) is 5.69 Å². The third kappa shape index (κ3) is 1.90. The van der Waals surface area contributed by atoms with Crippen LogP contribution in [0.2, 0.25) is 0 Å². The number of nitrogens with zero attached hydrogens (tertiary/aromatic N) is 3. The molecule has 5 nitrogen and oxygen atoms in total. The fourth-order valence-electron chi connectivity index (χ4n) is 2.68. The van der Waals surface area contributed by atoms with Crippen molar-refractivity contribution in [3.05, 3.63) is 11.9 Å². The van der Waals surface area contributed by atoms with E-state index in [4.69, 9.17) is 5.73 Å². The van der Waals surface area contributed by atoms with Crippen LogP contribution in [0.15, 0.2) is 6.20 Å². The monoisotopic (exact) mass is 236 g/mol. The maximum Gasteiger partial charge on any atom is 0.274 e. The largest absolute Gasteiger partial charge is 0.396 e. The average Bonchev–Trinajstić information content (AvgIpc) is 2.82. The number of hydrogen-bond donors (Lipinski definition) is 1. The van der Waals surface area contributed by atoms with Gasteiger partial charge in [0, 0.05) is 19.1 Å². The molecule has 0 aromatic carbocycles. The SMILES string of the molecule is CCC1CCC(C)N1C(=O)c1c(N)cnn1C. The van der Waals surface area contributed by atoms with E-state index in [0.29, 0.717) is 23.5 Å². The molecule has 2 rings (SSSR count). The van der Waals surface area contributed by atoms with Gasteiger partial charge in [0.05, 0.1) is 11.9 Å². The van der Waals surface area contributed by atoms with Crippen LogP contribution in [0.1, 0.15) is 43.6 Å². The van der Waals surface area contributed by atoms with Gasteiger partial charge in [-0.25, -0.2) is 0 Å². The number of likely N-dealkylation sites (tertiary alicyclic amines) is 1. The Hall–Kier alpha value is -1.52. The molecule has 0 bridgehead atoms. The zero-order valence-electron chi connectivity index (χ0n) is 10.7. The molecule has 2 unspecified atom stereocenters. The lowest BCUT2D eigenvalue weighted by Crippen LogP contribution is -2.40. The Morgan fingerprint density at radius 1 is 1.59 bits per heavy atom. The van der Waals surface area contributed by atoms with Gasteiger partial charge in [-0.15, -0.1) is 0 Å². The van der Waals surface area contributed by atoms with Crippen molar-refractivity contribution in [1.82, 2.24) is 14.7 Å². The molecule has 1 amide bonds. The molecule has 1 aromatic heterocycles. The molecular formula is C12H20N4O. The van der Waals surface area contributed by atoms with Gasteiger partial charge in [0.15, 0.2) is 0 Å². The summed E-state index contributed by atoms with van der Waals surface area (Å²) < 4.78 is 1.56. The summed E-state index contributed by atoms with van der Waals surface area (Å²) >= 11 is 0. The molecule has 94 valence electrons. The van der Waals surface area contributed by atoms with E-state index in [1.807, 2.05) is 4.90 Å². The van der Waals surface area contributed by atoms with Crippen molar-refractivity contribution < 1.29 is 4.79 Å². The molecule has 2 N–H and O–H groups in total. The molecular weight excluding hydrogens is 216 g/mol. The third-order valence-corrected chi connectivity index (χ3v) is 3.66. The van der Waals surface area contributed by atoms with Gasteiger partial charge in [-0.3, -0.25) is 9.48 Å². The van der Waals surface area contributed by atoms with Crippen LogP contribution < -0.4 is 5.73 Å². The van der Waals surface area contributed by atoms with Crippen molar-refractivity contribution >= 4 is 11.6 Å². The Kier molecular flexibility index (Phi) is 3.09. The number of hydrogen-bond acceptors (Lipinski definition) is 3. The number of anilines is 1. The summed E-state index contributed by atoms with van der Waals surface area (Å²) in [4.78, 5) is 14.5. The number of rotatable bonds is 2. The highest BCUT2D eigenvalue weighted by Gasteiger charge is 2.35. The van der Waals surface area contributed by atoms with Crippen molar-refractivity contribution in [2.24, 2.45) is 7.05 Å². The number of nitrogens with two attached hydrogens (primary N) is 1. The second-order valence-electron chi connectivity index (χ2n) is 4.77. The Labute approximate surface area is 102 Å². The predicted octanol–water partition coefficient (Wildman–Crippen LogP) is 1.41. The van der Waals surface area contributed by atoms with Gasteiger partial charge in [0.1, 0.15) is 5.69 Å². The molecule has 2 heterocycles. The fourth-order valence-corrected chi connectivity index (χ4v) is 2.68. The van der Waals surface area contributed by atoms with E-state index >= 15 is 0 Å². The lowest BCUT2D eigenvalue weighted by Gasteiger charge is -2.28. The van der Waals surface area contributed by atoms with E-state index < -0.39 is 0 Å². The molecule has 1 aliphatic rings. The summed E-state index contributed by atoms with van der Waals surface area (Å²) in [6, 6.07) is 0.633. The van der Waals surface area contributed by atoms with E-state index in [1.54, 1.807) is 11.7 Å². The number of carbonyl (C=O) groups is 1. The van der Waals surface area contributed by atoms with Gasteiger partial charge in [0.25, 0.3) is 5.91 Å². The maximum absolute atomic E-state index is 12.5. The highest BCUT2D eigenvalue weighted by molar-refractivity contribution is 5.97. The average molecular weight is 236 g/mol. The van der Waals surface area contributed by atoms with Gasteiger partial charge in [0.2, 0.25) is 0 Å². The summed E-state index contributed by atoms with van der Waals surface area (Å²) in [6.45, 7) is 4.22. The van der Waals surface area contributed by atoms with Crippen LogP contribution in [0.25, 0.3) is 0 Å². The molecule has 1 fully saturated rings. The Balaban J connectivity index is 2.31. The van der Waals surface area contributed by atoms with E-state index in [0.717, 1.165) is 19.3 Å². The third-order valence-electron chi connectivity index (χ3n) is 3.66. The summed E-state index contributed by atoms with van der Waals surface area (Å²) in [5, 5.41) is 4.03. The van der Waals surface area contributed by atoms with Crippen LogP contribution in [0.3, 0.4) is 0 Å². The summed E-state index contributed by atoms with van der Waals surface area (Å²) in [7, 11) is 1.76. The molecule has 1 aromatic rings. The lowest BCUT2D eigenvalue weighted by molar-refractivity contribution is 0.0666. The summed E-state index contributed by atoms with van der Waals surface area (Å²) in [5.41, 5.74) is 6.79. The molecule has 2 atom stereocenters. The molecule has 1 saturated heterocycles. The molecule has 0 spiro atoms. The molecule has 17 heavy (non-hydrogen) atoms. The van der Waals surface area contributed by atoms with Crippen molar-refractivity contribution in [2.75, 3.05) is 5.73 Å². The van der Waals surface area contributed by atoms with Crippen molar-refractivity contribution in [3.8, 4) is 0 Å². The fraction of sp³-hybridized carbons (Fsp3) is 0.667. The molecule has 5 heteroatoms. The van der Waals surface area contributed by atoms with Gasteiger partial charge < -0.3 is 10.6 Å². The molecule has 1 aliphatic heterocycles. The van der Waals surface area contributed by atoms with E-state index in [1.165, 1.54) is 6.20 Å². The number of nitrogen functional groups attached to an aromatic ring is 1. The topological polar surface area (TPSA) is 64.2 Å². The number of aryl methyl sites for hydroxylation is 1. The van der Waals surface area contributed by atoms with Crippen molar-refractivity contribution in [3.63, 3.8) is 0 Å². The zero-order chi connectivity index (χ0) is 12.6. The Bertz CT molecular complexity index is 407. The van der Waals surface area contributed by atoms with Gasteiger partial charge in [-0.1, -0.05) is 6.92 Å². The second kappa shape index (κ2) is 4.39. The second-order valence-corrected chi connectivity index (χ2v) is 4.77. The first kappa shape index (κ1) is 12.0. The van der Waals surface area contributed by atoms with Crippen LogP contribution in [-0.4, -0.2) is 32.7 Å². The first-order valence-corrected chi connectivity index (χ1v) is 6.16. The quantitative estimate of drug-likeness (QED) is 0.844. The van der Waals surface area contributed by atoms with Crippen LogP contribution >= 0.6 is 0 Å². The minimum absolute atomic E-state index is 0.0133. The first-order valence-electron chi connectivity index (χ1n) is 6.16. The Morgan fingerprint density at radius 3 is 2.82 bits per heavy atom. The standard InChI is InChI=1S/C12H20N4O/c1-4-9-6-5-8(2)16(9)12(17)11-10(13)7-14-15(11)3/h7-9H,4-6,13H2,1-3H3. The zero-order valence-corrected chi connectivity index (χ0v) is 10.7. The summed E-state index contributed by atoms with van der Waals surface area (Å²) in [6.07, 6.45) is 4.69. The molecule has 0 radical (unpaired) electrons. The van der Waals surface area contributed by atoms with Gasteiger partial charge >= 0.3 is 0 Å². The van der Waals surface area contributed by atoms with Crippen LogP contribution in [-0.2, 0) is 7.05 Å². The first-order chi connectivity index (χ1) is 8.06. The van der Waals surface area contributed by atoms with Crippen molar-refractivity contribution in [1.29, 1.82) is 0 Å². The van der Waals surface area contributed by atoms with Crippen molar-refractivity contribution in [2.45, 2.75) is 45.2 Å². The number of aromatic nitrogens is 2. The number of amides is 1. The minimum Gasteiger partial charge on any atom is -0.396 e. The van der Waals surface area contributed by atoms with Crippen LogP contribution in [0, 0.1) is 0 Å². The smallest absolute Gasteiger partial charge is 0.274 e. The normalized spacial score (nSPS) is 24.3. The molecule has 0 aliphatic carbocycles. The Morgan fingerprint density at radius 2 is 2.29 bits per heavy atom. The van der Waals surface area contributed by atoms with E-state index in [2.05, 4.69) is 18.9 Å².